The summed E-state index contributed by atoms with van der Waals surface area (Å²) in [6.07, 6.45) is 0. The van der Waals surface area contributed by atoms with Crippen LogP contribution in [0.1, 0.15) is 6.92 Å². The van der Waals surface area contributed by atoms with Gasteiger partial charge in [-0.25, -0.2) is 4.21 Å². The standard InChI is InChI=1S/C4H5F3O3S/c1-2(3(8)9)11(10)4(5,6)7/h2H,1H3,(H,8,9). The van der Waals surface area contributed by atoms with Crippen LogP contribution in [0.25, 0.3) is 0 Å². The van der Waals surface area contributed by atoms with Crippen molar-refractivity contribution in [2.45, 2.75) is 17.7 Å². The van der Waals surface area contributed by atoms with Crippen molar-refractivity contribution in [2.24, 2.45) is 0 Å². The molecule has 7 heteroatoms. The van der Waals surface area contributed by atoms with Gasteiger partial charge in [0.15, 0.2) is 0 Å². The first kappa shape index (κ1) is 10.4. The molecule has 0 heterocycles. The number of carbonyl (C=O) groups is 1. The van der Waals surface area contributed by atoms with Crippen LogP contribution in [0.3, 0.4) is 0 Å². The Kier molecular flexibility index (Phi) is 3.03. The number of rotatable bonds is 2. The van der Waals surface area contributed by atoms with Gasteiger partial charge in [0.1, 0.15) is 16.0 Å². The van der Waals surface area contributed by atoms with Crippen LogP contribution in [-0.4, -0.2) is 26.0 Å². The maximum atomic E-state index is 11.5. The van der Waals surface area contributed by atoms with E-state index >= 15 is 0 Å². The van der Waals surface area contributed by atoms with E-state index in [0.29, 0.717) is 0 Å². The molecule has 0 fully saturated rings. The highest BCUT2D eigenvalue weighted by molar-refractivity contribution is 7.87. The van der Waals surface area contributed by atoms with E-state index in [0.717, 1.165) is 6.92 Å². The lowest BCUT2D eigenvalue weighted by molar-refractivity contribution is -0.136. The Bertz CT molecular complexity index is 188. The quantitative estimate of drug-likeness (QED) is 0.698. The minimum Gasteiger partial charge on any atom is -0.480 e. The van der Waals surface area contributed by atoms with Gasteiger partial charge in [-0.3, -0.25) is 4.79 Å². The van der Waals surface area contributed by atoms with E-state index in [4.69, 9.17) is 5.11 Å². The van der Waals surface area contributed by atoms with E-state index in [2.05, 4.69) is 0 Å². The average Bonchev–Trinajstić information content (AvgIpc) is 1.82. The molecule has 0 aromatic heterocycles. The summed E-state index contributed by atoms with van der Waals surface area (Å²) >= 11 is 0. The fourth-order valence-electron chi connectivity index (χ4n) is 0.292. The van der Waals surface area contributed by atoms with Crippen LogP contribution >= 0.6 is 0 Å². The van der Waals surface area contributed by atoms with Crippen molar-refractivity contribution in [3.05, 3.63) is 0 Å². The molecule has 0 rings (SSSR count). The van der Waals surface area contributed by atoms with Crippen molar-refractivity contribution in [1.29, 1.82) is 0 Å². The summed E-state index contributed by atoms with van der Waals surface area (Å²) in [4.78, 5) is 9.89. The Morgan fingerprint density at radius 3 is 2.00 bits per heavy atom. The molecule has 0 aromatic carbocycles. The number of hydrogen-bond acceptors (Lipinski definition) is 2. The van der Waals surface area contributed by atoms with Crippen LogP contribution in [0, 0.1) is 0 Å². The van der Waals surface area contributed by atoms with Crippen molar-refractivity contribution in [3.63, 3.8) is 0 Å². The van der Waals surface area contributed by atoms with E-state index < -0.39 is 27.5 Å². The molecular formula is C4H5F3O3S. The molecule has 0 bridgehead atoms. The Labute approximate surface area is 62.7 Å². The maximum Gasteiger partial charge on any atom is 0.472 e. The summed E-state index contributed by atoms with van der Waals surface area (Å²) < 4.78 is 44.7. The predicted octanol–water partition coefficient (Wildman–Crippen LogP) is 0.728. The maximum absolute atomic E-state index is 11.5. The van der Waals surface area contributed by atoms with Crippen LogP contribution in [-0.2, 0) is 15.6 Å². The van der Waals surface area contributed by atoms with E-state index in [1.807, 2.05) is 0 Å². The van der Waals surface area contributed by atoms with Gasteiger partial charge in [0.2, 0.25) is 0 Å². The van der Waals surface area contributed by atoms with E-state index in [1.54, 1.807) is 0 Å². The lowest BCUT2D eigenvalue weighted by Gasteiger charge is -2.08. The summed E-state index contributed by atoms with van der Waals surface area (Å²) in [5, 5.41) is 6.12. The molecule has 0 spiro atoms. The average molecular weight is 190 g/mol. The molecule has 0 amide bonds. The van der Waals surface area contributed by atoms with Gasteiger partial charge in [-0.15, -0.1) is 0 Å². The van der Waals surface area contributed by atoms with Gasteiger partial charge in [0, 0.05) is 0 Å². The summed E-state index contributed by atoms with van der Waals surface area (Å²) in [5.74, 6) is -1.72. The predicted molar refractivity (Wildman–Crippen MR) is 31.3 cm³/mol. The smallest absolute Gasteiger partial charge is 0.472 e. The zero-order chi connectivity index (χ0) is 9.23. The highest BCUT2D eigenvalue weighted by Crippen LogP contribution is 2.22. The molecule has 1 N–H and O–H groups in total. The fourth-order valence-corrected chi connectivity index (χ4v) is 0.876. The van der Waals surface area contributed by atoms with Crippen molar-refractivity contribution in [3.8, 4) is 0 Å². The molecule has 0 aliphatic carbocycles. The van der Waals surface area contributed by atoms with Gasteiger partial charge in [0.05, 0.1) is 0 Å². The molecule has 66 valence electrons. The van der Waals surface area contributed by atoms with Crippen LogP contribution in [0.4, 0.5) is 13.2 Å². The topological polar surface area (TPSA) is 54.4 Å². The lowest BCUT2D eigenvalue weighted by Crippen LogP contribution is -2.31. The monoisotopic (exact) mass is 190 g/mol. The summed E-state index contributed by atoms with van der Waals surface area (Å²) in [6, 6.07) is 0. The molecule has 0 saturated carbocycles. The highest BCUT2D eigenvalue weighted by atomic mass is 32.2. The summed E-state index contributed by atoms with van der Waals surface area (Å²) in [7, 11) is -3.31. The Hall–Kier alpha value is -0.590. The molecular weight excluding hydrogens is 185 g/mol. The van der Waals surface area contributed by atoms with Crippen molar-refractivity contribution in [1.82, 2.24) is 0 Å². The van der Waals surface area contributed by atoms with Crippen LogP contribution in [0.5, 0.6) is 0 Å². The zero-order valence-electron chi connectivity index (χ0n) is 5.38. The Balaban J connectivity index is 4.39. The highest BCUT2D eigenvalue weighted by Gasteiger charge is 2.42. The largest absolute Gasteiger partial charge is 0.480 e. The molecule has 0 saturated heterocycles. The number of carboxylic acid groups (broad SMARTS) is 1. The number of aliphatic carboxylic acids is 1. The number of halogens is 3. The minimum absolute atomic E-state index is 0.742. The molecule has 2 atom stereocenters. The van der Waals surface area contributed by atoms with Crippen LogP contribution in [0.2, 0.25) is 0 Å². The van der Waals surface area contributed by atoms with Gasteiger partial charge in [-0.1, -0.05) is 0 Å². The molecule has 0 aliphatic heterocycles. The third-order valence-electron chi connectivity index (χ3n) is 0.897. The number of alkyl halides is 3. The summed E-state index contributed by atoms with van der Waals surface area (Å²) in [5.41, 5.74) is -4.95. The second-order valence-electron chi connectivity index (χ2n) is 1.72. The number of carboxylic acids is 1. The molecule has 0 aromatic rings. The van der Waals surface area contributed by atoms with Gasteiger partial charge < -0.3 is 5.11 Å². The van der Waals surface area contributed by atoms with Gasteiger partial charge in [0.25, 0.3) is 0 Å². The first-order valence-corrected chi connectivity index (χ1v) is 3.68. The minimum atomic E-state index is -4.95. The first-order chi connectivity index (χ1) is 4.76. The van der Waals surface area contributed by atoms with Gasteiger partial charge in [-0.2, -0.15) is 13.2 Å². The third kappa shape index (κ3) is 2.87. The van der Waals surface area contributed by atoms with Crippen molar-refractivity contribution >= 4 is 16.8 Å². The fraction of sp³-hybridized carbons (Fsp3) is 0.750. The van der Waals surface area contributed by atoms with Gasteiger partial charge >= 0.3 is 11.5 Å². The van der Waals surface area contributed by atoms with Gasteiger partial charge in [-0.05, 0) is 6.92 Å². The molecule has 2 unspecified atom stereocenters. The normalized spacial score (nSPS) is 17.5. The SMILES string of the molecule is CC(C(=O)O)S(=O)C(F)(F)F. The lowest BCUT2D eigenvalue weighted by atomic mass is 10.5. The van der Waals surface area contributed by atoms with Crippen molar-refractivity contribution in [2.75, 3.05) is 0 Å². The number of hydrogen-bond donors (Lipinski definition) is 1. The Morgan fingerprint density at radius 1 is 1.55 bits per heavy atom. The van der Waals surface area contributed by atoms with E-state index in [-0.39, 0.29) is 0 Å². The molecule has 3 nitrogen and oxygen atoms in total. The van der Waals surface area contributed by atoms with Crippen LogP contribution < -0.4 is 0 Å². The van der Waals surface area contributed by atoms with E-state index in [1.165, 1.54) is 0 Å². The second kappa shape index (κ2) is 3.21. The second-order valence-corrected chi connectivity index (χ2v) is 3.49. The zero-order valence-corrected chi connectivity index (χ0v) is 6.20. The molecule has 0 radical (unpaired) electrons. The Morgan fingerprint density at radius 2 is 1.91 bits per heavy atom. The first-order valence-electron chi connectivity index (χ1n) is 2.47. The summed E-state index contributed by atoms with van der Waals surface area (Å²) in [6.45, 7) is 0.742. The molecule has 11 heavy (non-hydrogen) atoms. The van der Waals surface area contributed by atoms with Crippen LogP contribution in [0.15, 0.2) is 0 Å². The molecule has 0 aliphatic rings. The third-order valence-corrected chi connectivity index (χ3v) is 2.20. The van der Waals surface area contributed by atoms with E-state index in [9.17, 15) is 22.2 Å². The van der Waals surface area contributed by atoms with Crippen molar-refractivity contribution < 1.29 is 27.3 Å².